The van der Waals surface area contributed by atoms with Gasteiger partial charge in [-0.15, -0.1) is 0 Å². The van der Waals surface area contributed by atoms with Crippen molar-refractivity contribution in [1.82, 2.24) is 0 Å². The Morgan fingerprint density at radius 2 is 1.34 bits per heavy atom. The average Bonchev–Trinajstić information content (AvgIpc) is 2.92. The summed E-state index contributed by atoms with van der Waals surface area (Å²) in [5, 5.41) is 5.55. The summed E-state index contributed by atoms with van der Waals surface area (Å²) in [5.74, 6) is 0.358. The molecule has 0 fully saturated rings. The van der Waals surface area contributed by atoms with Gasteiger partial charge in [-0.05, 0) is 77.7 Å². The Morgan fingerprint density at radius 1 is 0.756 bits per heavy atom. The van der Waals surface area contributed by atoms with Gasteiger partial charge >= 0.3 is 0 Å². The molecule has 212 valence electrons. The number of nitrogens with one attached hydrogen (secondary N) is 2. The molecular formula is C32H33N3O5S. The van der Waals surface area contributed by atoms with Crippen LogP contribution in [0.3, 0.4) is 0 Å². The van der Waals surface area contributed by atoms with Gasteiger partial charge in [0.15, 0.2) is 0 Å². The Labute approximate surface area is 241 Å². The molecule has 0 atom stereocenters. The van der Waals surface area contributed by atoms with Crippen LogP contribution in [-0.2, 0) is 20.2 Å². The number of anilines is 3. The van der Waals surface area contributed by atoms with Crippen molar-refractivity contribution in [2.45, 2.75) is 26.2 Å². The maximum atomic E-state index is 12.9. The topological polar surface area (TPSA) is 105 Å². The fourth-order valence-electron chi connectivity index (χ4n) is 4.04. The highest BCUT2D eigenvalue weighted by Gasteiger charge is 2.21. The minimum atomic E-state index is -3.77. The van der Waals surface area contributed by atoms with E-state index in [1.165, 1.54) is 0 Å². The van der Waals surface area contributed by atoms with Gasteiger partial charge < -0.3 is 15.4 Å². The summed E-state index contributed by atoms with van der Waals surface area (Å²) in [4.78, 5) is 25.7. The van der Waals surface area contributed by atoms with E-state index < -0.39 is 22.5 Å². The minimum absolute atomic E-state index is 0.0194. The molecule has 0 unspecified atom stereocenters. The second kappa shape index (κ2) is 12.3. The number of nitrogens with zero attached hydrogens (tertiary/aromatic N) is 1. The number of rotatable bonds is 9. The van der Waals surface area contributed by atoms with Gasteiger partial charge in [-0.3, -0.25) is 13.9 Å². The van der Waals surface area contributed by atoms with Gasteiger partial charge in [-0.2, -0.15) is 0 Å². The number of hydrogen-bond donors (Lipinski definition) is 2. The monoisotopic (exact) mass is 571 g/mol. The van der Waals surface area contributed by atoms with E-state index in [4.69, 9.17) is 4.74 Å². The van der Waals surface area contributed by atoms with E-state index in [1.807, 2.05) is 42.5 Å². The molecule has 2 N–H and O–H groups in total. The highest BCUT2D eigenvalue weighted by molar-refractivity contribution is 7.92. The van der Waals surface area contributed by atoms with Gasteiger partial charge in [0.1, 0.15) is 18.0 Å². The van der Waals surface area contributed by atoms with Crippen LogP contribution in [0, 0.1) is 0 Å². The lowest BCUT2D eigenvalue weighted by Crippen LogP contribution is -2.37. The molecule has 0 radical (unpaired) electrons. The third-order valence-corrected chi connectivity index (χ3v) is 7.35. The predicted molar refractivity (Wildman–Crippen MR) is 163 cm³/mol. The van der Waals surface area contributed by atoms with Crippen LogP contribution >= 0.6 is 0 Å². The van der Waals surface area contributed by atoms with Crippen LogP contribution in [-0.4, -0.2) is 33.0 Å². The first-order chi connectivity index (χ1) is 19.4. The number of sulfonamides is 1. The lowest BCUT2D eigenvalue weighted by atomic mass is 9.87. The molecule has 41 heavy (non-hydrogen) atoms. The van der Waals surface area contributed by atoms with Crippen molar-refractivity contribution in [3.05, 3.63) is 114 Å². The van der Waals surface area contributed by atoms with Crippen LogP contribution in [0.25, 0.3) is 0 Å². The third-order valence-electron chi connectivity index (χ3n) is 6.21. The van der Waals surface area contributed by atoms with Crippen LogP contribution in [0.1, 0.15) is 36.7 Å². The van der Waals surface area contributed by atoms with E-state index in [0.717, 1.165) is 16.1 Å². The number of para-hydroxylation sites is 1. The zero-order valence-electron chi connectivity index (χ0n) is 23.4. The maximum Gasteiger partial charge on any atom is 0.255 e. The Kier molecular flexibility index (Phi) is 8.78. The van der Waals surface area contributed by atoms with Crippen molar-refractivity contribution in [3.8, 4) is 11.5 Å². The van der Waals surface area contributed by atoms with E-state index >= 15 is 0 Å². The Hall–Kier alpha value is -4.63. The van der Waals surface area contributed by atoms with E-state index in [9.17, 15) is 18.0 Å². The fraction of sp³-hybridized carbons (Fsp3) is 0.188. The molecule has 0 heterocycles. The molecule has 4 aromatic carbocycles. The number of amides is 2. The molecule has 0 aliphatic rings. The first kappa shape index (κ1) is 29.4. The van der Waals surface area contributed by atoms with Gasteiger partial charge in [0, 0.05) is 16.9 Å². The molecular weight excluding hydrogens is 538 g/mol. The molecule has 4 aromatic rings. The van der Waals surface area contributed by atoms with E-state index in [1.54, 1.807) is 60.7 Å². The standard InChI is InChI=1S/C32H33N3O5S/c1-32(2,3)24-15-13-23(14-16-24)31(37)34-26-10-8-9-25(21-26)33-30(36)22-35(41(4,38)39)27-17-19-29(20-18-27)40-28-11-6-5-7-12-28/h5-21H,22H2,1-4H3,(H,33,36)(H,34,37). The maximum absolute atomic E-state index is 12.9. The highest BCUT2D eigenvalue weighted by atomic mass is 32.2. The Morgan fingerprint density at radius 3 is 1.93 bits per heavy atom. The summed E-state index contributed by atoms with van der Waals surface area (Å²) >= 11 is 0. The predicted octanol–water partition coefficient (Wildman–Crippen LogP) is 6.43. The van der Waals surface area contributed by atoms with Crippen molar-refractivity contribution >= 4 is 38.9 Å². The van der Waals surface area contributed by atoms with Gasteiger partial charge in [0.2, 0.25) is 15.9 Å². The summed E-state index contributed by atoms with van der Waals surface area (Å²) in [5.41, 5.74) is 2.84. The Balaban J connectivity index is 1.40. The van der Waals surface area contributed by atoms with E-state index in [-0.39, 0.29) is 11.3 Å². The third kappa shape index (κ3) is 8.18. The minimum Gasteiger partial charge on any atom is -0.457 e. The average molecular weight is 572 g/mol. The van der Waals surface area contributed by atoms with Gasteiger partial charge in [0.25, 0.3) is 5.91 Å². The first-order valence-electron chi connectivity index (χ1n) is 13.0. The van der Waals surface area contributed by atoms with Crippen molar-refractivity contribution < 1.29 is 22.7 Å². The van der Waals surface area contributed by atoms with Gasteiger partial charge in [-0.25, -0.2) is 8.42 Å². The van der Waals surface area contributed by atoms with Crippen LogP contribution < -0.4 is 19.7 Å². The summed E-state index contributed by atoms with van der Waals surface area (Å²) in [6.45, 7) is 5.88. The fourth-order valence-corrected chi connectivity index (χ4v) is 4.89. The summed E-state index contributed by atoms with van der Waals surface area (Å²) in [7, 11) is -3.77. The van der Waals surface area contributed by atoms with E-state index in [0.29, 0.717) is 34.1 Å². The number of carbonyl (C=O) groups is 2. The number of benzene rings is 4. The van der Waals surface area contributed by atoms with Crippen molar-refractivity contribution in [3.63, 3.8) is 0 Å². The lowest BCUT2D eigenvalue weighted by Gasteiger charge is -2.22. The molecule has 2 amide bonds. The number of carbonyl (C=O) groups excluding carboxylic acids is 2. The number of ether oxygens (including phenoxy) is 1. The SMILES string of the molecule is CC(C)(C)c1ccc(C(=O)Nc2cccc(NC(=O)CN(c3ccc(Oc4ccccc4)cc3)S(C)(=O)=O)c2)cc1. The van der Waals surface area contributed by atoms with Crippen LogP contribution in [0.15, 0.2) is 103 Å². The molecule has 0 saturated heterocycles. The van der Waals surface area contributed by atoms with Crippen molar-refractivity contribution in [2.75, 3.05) is 27.7 Å². The largest absolute Gasteiger partial charge is 0.457 e. The molecule has 0 aromatic heterocycles. The quantitative estimate of drug-likeness (QED) is 0.241. The zero-order valence-corrected chi connectivity index (χ0v) is 24.2. The summed E-state index contributed by atoms with van der Waals surface area (Å²) < 4.78 is 31.9. The molecule has 0 aliphatic heterocycles. The lowest BCUT2D eigenvalue weighted by molar-refractivity contribution is -0.114. The second-order valence-corrected chi connectivity index (χ2v) is 12.5. The summed E-state index contributed by atoms with van der Waals surface area (Å²) in [6, 6.07) is 29.7. The van der Waals surface area contributed by atoms with Gasteiger partial charge in [0.05, 0.1) is 11.9 Å². The molecule has 8 nitrogen and oxygen atoms in total. The smallest absolute Gasteiger partial charge is 0.255 e. The summed E-state index contributed by atoms with van der Waals surface area (Å²) in [6.07, 6.45) is 1.04. The van der Waals surface area contributed by atoms with Crippen LogP contribution in [0.5, 0.6) is 11.5 Å². The zero-order chi connectivity index (χ0) is 29.6. The molecule has 0 bridgehead atoms. The highest BCUT2D eigenvalue weighted by Crippen LogP contribution is 2.26. The van der Waals surface area contributed by atoms with Crippen LogP contribution in [0.2, 0.25) is 0 Å². The molecule has 9 heteroatoms. The molecule has 0 saturated carbocycles. The Bertz CT molecular complexity index is 1610. The van der Waals surface area contributed by atoms with Crippen molar-refractivity contribution in [1.29, 1.82) is 0 Å². The molecule has 0 aliphatic carbocycles. The van der Waals surface area contributed by atoms with Crippen molar-refractivity contribution in [2.24, 2.45) is 0 Å². The van der Waals surface area contributed by atoms with Crippen LogP contribution in [0.4, 0.5) is 17.1 Å². The molecule has 0 spiro atoms. The molecule has 4 rings (SSSR count). The van der Waals surface area contributed by atoms with Gasteiger partial charge in [-0.1, -0.05) is 57.2 Å². The second-order valence-electron chi connectivity index (χ2n) is 10.6. The van der Waals surface area contributed by atoms with E-state index in [2.05, 4.69) is 31.4 Å². The first-order valence-corrected chi connectivity index (χ1v) is 14.9. The normalized spacial score (nSPS) is 11.4. The number of hydrogen-bond acceptors (Lipinski definition) is 5.